The van der Waals surface area contributed by atoms with Crippen molar-refractivity contribution >= 4 is 0 Å². The minimum absolute atomic E-state index is 0.0928. The summed E-state index contributed by atoms with van der Waals surface area (Å²) in [6.07, 6.45) is -0.0928. The normalized spacial score (nSPS) is 12.2. The van der Waals surface area contributed by atoms with Crippen LogP contribution in [0.4, 0.5) is 0 Å². The standard InChI is InChI=1S/C12H19NO3/c1-4-16-12(8-13)9-5-6-10(14-2)11(7-9)15-3/h5-7,12H,4,8,13H2,1-3H3. The van der Waals surface area contributed by atoms with Crippen LogP contribution in [-0.4, -0.2) is 27.4 Å². The van der Waals surface area contributed by atoms with E-state index in [1.54, 1.807) is 14.2 Å². The number of methoxy groups -OCH3 is 2. The molecule has 0 saturated heterocycles. The molecule has 0 aliphatic carbocycles. The summed E-state index contributed by atoms with van der Waals surface area (Å²) in [6, 6.07) is 5.69. The lowest BCUT2D eigenvalue weighted by molar-refractivity contribution is 0.0686. The molecule has 0 radical (unpaired) electrons. The Labute approximate surface area is 96.3 Å². The van der Waals surface area contributed by atoms with Gasteiger partial charge in [0.2, 0.25) is 0 Å². The van der Waals surface area contributed by atoms with Gasteiger partial charge in [0, 0.05) is 13.2 Å². The zero-order valence-electron chi connectivity index (χ0n) is 10.0. The van der Waals surface area contributed by atoms with Gasteiger partial charge < -0.3 is 19.9 Å². The molecule has 0 saturated carbocycles. The summed E-state index contributed by atoms with van der Waals surface area (Å²) < 4.78 is 15.9. The zero-order chi connectivity index (χ0) is 12.0. The van der Waals surface area contributed by atoms with E-state index in [1.165, 1.54) is 0 Å². The Morgan fingerprint density at radius 3 is 2.38 bits per heavy atom. The molecular weight excluding hydrogens is 206 g/mol. The van der Waals surface area contributed by atoms with Crippen LogP contribution in [0, 0.1) is 0 Å². The molecular formula is C12H19NO3. The van der Waals surface area contributed by atoms with Crippen LogP contribution in [0.1, 0.15) is 18.6 Å². The van der Waals surface area contributed by atoms with E-state index in [9.17, 15) is 0 Å². The molecule has 0 heterocycles. The first-order chi connectivity index (χ1) is 7.76. The Morgan fingerprint density at radius 2 is 1.88 bits per heavy atom. The minimum atomic E-state index is -0.0928. The number of nitrogens with two attached hydrogens (primary N) is 1. The Morgan fingerprint density at radius 1 is 1.19 bits per heavy atom. The first-order valence-electron chi connectivity index (χ1n) is 5.30. The van der Waals surface area contributed by atoms with Crippen molar-refractivity contribution in [2.24, 2.45) is 5.73 Å². The van der Waals surface area contributed by atoms with Crippen molar-refractivity contribution in [3.8, 4) is 11.5 Å². The molecule has 1 atom stereocenters. The molecule has 0 fully saturated rings. The fraction of sp³-hybridized carbons (Fsp3) is 0.500. The molecule has 4 heteroatoms. The molecule has 0 spiro atoms. The lowest BCUT2D eigenvalue weighted by atomic mass is 10.1. The molecule has 90 valence electrons. The number of benzene rings is 1. The highest BCUT2D eigenvalue weighted by atomic mass is 16.5. The first-order valence-corrected chi connectivity index (χ1v) is 5.30. The molecule has 1 aromatic carbocycles. The van der Waals surface area contributed by atoms with Crippen molar-refractivity contribution in [2.75, 3.05) is 27.4 Å². The van der Waals surface area contributed by atoms with Crippen molar-refractivity contribution in [1.29, 1.82) is 0 Å². The lowest BCUT2D eigenvalue weighted by Crippen LogP contribution is -2.15. The maximum Gasteiger partial charge on any atom is 0.161 e. The van der Waals surface area contributed by atoms with E-state index < -0.39 is 0 Å². The second-order valence-corrected chi connectivity index (χ2v) is 3.29. The molecule has 1 unspecified atom stereocenters. The van der Waals surface area contributed by atoms with Gasteiger partial charge in [0.05, 0.1) is 20.3 Å². The summed E-state index contributed by atoms with van der Waals surface area (Å²) in [7, 11) is 3.22. The predicted molar refractivity (Wildman–Crippen MR) is 63.0 cm³/mol. The number of rotatable bonds is 6. The summed E-state index contributed by atoms with van der Waals surface area (Å²) in [5.41, 5.74) is 6.66. The second kappa shape index (κ2) is 6.35. The summed E-state index contributed by atoms with van der Waals surface area (Å²) in [5, 5.41) is 0. The molecule has 0 aliphatic rings. The molecule has 0 aromatic heterocycles. The predicted octanol–water partition coefficient (Wildman–Crippen LogP) is 1.74. The molecule has 2 N–H and O–H groups in total. The largest absolute Gasteiger partial charge is 0.493 e. The molecule has 1 rings (SSSR count). The molecule has 0 amide bonds. The van der Waals surface area contributed by atoms with Gasteiger partial charge in [0.1, 0.15) is 0 Å². The van der Waals surface area contributed by atoms with Gasteiger partial charge in [-0.2, -0.15) is 0 Å². The number of hydrogen-bond acceptors (Lipinski definition) is 4. The van der Waals surface area contributed by atoms with Crippen LogP contribution in [0.15, 0.2) is 18.2 Å². The molecule has 1 aromatic rings. The SMILES string of the molecule is CCOC(CN)c1ccc(OC)c(OC)c1. The quantitative estimate of drug-likeness (QED) is 0.801. The highest BCUT2D eigenvalue weighted by Gasteiger charge is 2.12. The Balaban J connectivity index is 2.96. The Bertz CT molecular complexity index is 328. The highest BCUT2D eigenvalue weighted by Crippen LogP contribution is 2.30. The zero-order valence-corrected chi connectivity index (χ0v) is 10.0. The molecule has 4 nitrogen and oxygen atoms in total. The maximum atomic E-state index is 5.66. The summed E-state index contributed by atoms with van der Waals surface area (Å²) >= 11 is 0. The minimum Gasteiger partial charge on any atom is -0.493 e. The van der Waals surface area contributed by atoms with Crippen molar-refractivity contribution in [3.05, 3.63) is 23.8 Å². The van der Waals surface area contributed by atoms with E-state index in [2.05, 4.69) is 0 Å². The fourth-order valence-electron chi connectivity index (χ4n) is 1.55. The Hall–Kier alpha value is -1.26. The van der Waals surface area contributed by atoms with Crippen molar-refractivity contribution < 1.29 is 14.2 Å². The van der Waals surface area contributed by atoms with Gasteiger partial charge in [-0.05, 0) is 24.6 Å². The molecule has 16 heavy (non-hydrogen) atoms. The van der Waals surface area contributed by atoms with E-state index in [4.69, 9.17) is 19.9 Å². The topological polar surface area (TPSA) is 53.7 Å². The van der Waals surface area contributed by atoms with Crippen LogP contribution in [0.5, 0.6) is 11.5 Å². The third-order valence-electron chi connectivity index (χ3n) is 2.36. The van der Waals surface area contributed by atoms with E-state index in [0.29, 0.717) is 24.7 Å². The van der Waals surface area contributed by atoms with E-state index in [1.807, 2.05) is 25.1 Å². The van der Waals surface area contributed by atoms with Crippen molar-refractivity contribution in [3.63, 3.8) is 0 Å². The average molecular weight is 225 g/mol. The van der Waals surface area contributed by atoms with E-state index >= 15 is 0 Å². The van der Waals surface area contributed by atoms with Crippen LogP contribution in [0.25, 0.3) is 0 Å². The summed E-state index contributed by atoms with van der Waals surface area (Å²) in [6.45, 7) is 3.03. The van der Waals surface area contributed by atoms with Crippen LogP contribution >= 0.6 is 0 Å². The smallest absolute Gasteiger partial charge is 0.161 e. The van der Waals surface area contributed by atoms with E-state index in [-0.39, 0.29) is 6.10 Å². The number of hydrogen-bond donors (Lipinski definition) is 1. The highest BCUT2D eigenvalue weighted by molar-refractivity contribution is 5.43. The van der Waals surface area contributed by atoms with Crippen molar-refractivity contribution in [2.45, 2.75) is 13.0 Å². The van der Waals surface area contributed by atoms with Gasteiger partial charge in [-0.1, -0.05) is 6.07 Å². The van der Waals surface area contributed by atoms with Gasteiger partial charge in [-0.15, -0.1) is 0 Å². The van der Waals surface area contributed by atoms with Gasteiger partial charge in [0.25, 0.3) is 0 Å². The van der Waals surface area contributed by atoms with Crippen LogP contribution in [-0.2, 0) is 4.74 Å². The van der Waals surface area contributed by atoms with Crippen LogP contribution < -0.4 is 15.2 Å². The average Bonchev–Trinajstić information content (AvgIpc) is 2.35. The maximum absolute atomic E-state index is 5.66. The molecule has 0 bridgehead atoms. The summed E-state index contributed by atoms with van der Waals surface area (Å²) in [5.74, 6) is 1.40. The van der Waals surface area contributed by atoms with Crippen molar-refractivity contribution in [1.82, 2.24) is 0 Å². The van der Waals surface area contributed by atoms with Gasteiger partial charge in [-0.25, -0.2) is 0 Å². The van der Waals surface area contributed by atoms with E-state index in [0.717, 1.165) is 5.56 Å². The van der Waals surface area contributed by atoms with Gasteiger partial charge >= 0.3 is 0 Å². The van der Waals surface area contributed by atoms with Crippen LogP contribution in [0.3, 0.4) is 0 Å². The van der Waals surface area contributed by atoms with Gasteiger partial charge in [0.15, 0.2) is 11.5 Å². The second-order valence-electron chi connectivity index (χ2n) is 3.29. The lowest BCUT2D eigenvalue weighted by Gasteiger charge is -2.17. The summed E-state index contributed by atoms with van der Waals surface area (Å²) in [4.78, 5) is 0. The first kappa shape index (κ1) is 12.8. The third-order valence-corrected chi connectivity index (χ3v) is 2.36. The monoisotopic (exact) mass is 225 g/mol. The third kappa shape index (κ3) is 2.87. The fourth-order valence-corrected chi connectivity index (χ4v) is 1.55. The Kier molecular flexibility index (Phi) is 5.08. The van der Waals surface area contributed by atoms with Gasteiger partial charge in [-0.3, -0.25) is 0 Å². The molecule has 0 aliphatic heterocycles. The number of ether oxygens (including phenoxy) is 3. The van der Waals surface area contributed by atoms with Crippen LogP contribution in [0.2, 0.25) is 0 Å².